The molecule has 0 heterocycles. The molecule has 0 aromatic heterocycles. The van der Waals surface area contributed by atoms with Crippen molar-refractivity contribution in [2.45, 2.75) is 40.0 Å². The summed E-state index contributed by atoms with van der Waals surface area (Å²) in [6, 6.07) is 0. The van der Waals surface area contributed by atoms with Crippen LogP contribution in [-0.4, -0.2) is 27.8 Å². The summed E-state index contributed by atoms with van der Waals surface area (Å²) in [6.45, 7) is 10.7. The van der Waals surface area contributed by atoms with Gasteiger partial charge in [-0.15, -0.1) is 0 Å². The summed E-state index contributed by atoms with van der Waals surface area (Å²) in [7, 11) is -4.48. The van der Waals surface area contributed by atoms with Gasteiger partial charge >= 0.3 is 8.32 Å². The van der Waals surface area contributed by atoms with Crippen LogP contribution in [0.1, 0.15) is 13.8 Å². The van der Waals surface area contributed by atoms with Crippen LogP contribution in [0.2, 0.25) is 26.2 Å². The molecule has 0 aliphatic heterocycles. The van der Waals surface area contributed by atoms with Crippen molar-refractivity contribution in [2.24, 2.45) is 0 Å². The Morgan fingerprint density at radius 1 is 1.07 bits per heavy atom. The minimum Gasteiger partial charge on any atom is -0.442 e. The van der Waals surface area contributed by atoms with E-state index in [0.29, 0.717) is 0 Å². The second-order valence-electron chi connectivity index (χ2n) is 4.61. The lowest BCUT2D eigenvalue weighted by Gasteiger charge is -2.27. The van der Waals surface area contributed by atoms with Crippen LogP contribution in [0, 0.1) is 11.5 Å². The summed E-state index contributed by atoms with van der Waals surface area (Å²) in [5.74, 6) is 2.21. The third kappa shape index (κ3) is 5.67. The summed E-state index contributed by atoms with van der Waals surface area (Å²) >= 11 is 0. The lowest BCUT2D eigenvalue weighted by atomic mass is 10.5. The Balaban J connectivity index is 5.03. The number of Topliss-reactive ketones (excluding diaryl/α,β-unsaturated/α-hetero) is 1. The topological polar surface area (TPSA) is 43.4 Å². The standard InChI is InChI=1S/C10H18O3Si2/c1-9(11)7-8-15(6,10(2)12)13-14(3,4)5/h1-6H3. The van der Waals surface area contributed by atoms with E-state index in [1.165, 1.54) is 13.8 Å². The third-order valence-electron chi connectivity index (χ3n) is 1.66. The second kappa shape index (κ2) is 4.88. The van der Waals surface area contributed by atoms with Gasteiger partial charge in [-0.05, 0) is 39.0 Å². The zero-order chi connectivity index (χ0) is 12.3. The van der Waals surface area contributed by atoms with Crippen molar-refractivity contribution in [3.05, 3.63) is 0 Å². The molecule has 1 unspecified atom stereocenters. The molecule has 84 valence electrons. The molecule has 0 saturated heterocycles. The van der Waals surface area contributed by atoms with E-state index in [1.807, 2.05) is 19.6 Å². The molecule has 0 spiro atoms. The van der Waals surface area contributed by atoms with E-state index in [1.54, 1.807) is 6.55 Å². The largest absolute Gasteiger partial charge is 0.442 e. The molecular formula is C10H18O3Si2. The highest BCUT2D eigenvalue weighted by molar-refractivity contribution is 7.09. The minimum absolute atomic E-state index is 0.0290. The monoisotopic (exact) mass is 242 g/mol. The van der Waals surface area contributed by atoms with Crippen molar-refractivity contribution < 1.29 is 13.7 Å². The Bertz CT molecular complexity index is 333. The van der Waals surface area contributed by atoms with Gasteiger partial charge in [0.2, 0.25) is 5.78 Å². The van der Waals surface area contributed by atoms with Crippen LogP contribution in [0.5, 0.6) is 0 Å². The van der Waals surface area contributed by atoms with Crippen LogP contribution in [0.25, 0.3) is 0 Å². The summed E-state index contributed by atoms with van der Waals surface area (Å²) in [5.41, 5.74) is 2.75. The molecular weight excluding hydrogens is 224 g/mol. The Morgan fingerprint density at radius 3 is 1.80 bits per heavy atom. The smallest absolute Gasteiger partial charge is 0.329 e. The van der Waals surface area contributed by atoms with Gasteiger partial charge in [-0.2, -0.15) is 0 Å². The Hall–Kier alpha value is -0.706. The van der Waals surface area contributed by atoms with Crippen molar-refractivity contribution in [3.63, 3.8) is 0 Å². The van der Waals surface area contributed by atoms with Crippen LogP contribution in [0.4, 0.5) is 0 Å². The maximum absolute atomic E-state index is 11.5. The summed E-state index contributed by atoms with van der Waals surface area (Å²) in [6.07, 6.45) is 0. The van der Waals surface area contributed by atoms with Crippen LogP contribution in [-0.2, 0) is 13.7 Å². The molecule has 0 amide bonds. The van der Waals surface area contributed by atoms with E-state index in [-0.39, 0.29) is 11.2 Å². The van der Waals surface area contributed by atoms with E-state index in [4.69, 9.17) is 4.12 Å². The highest BCUT2D eigenvalue weighted by atomic mass is 28.4. The predicted molar refractivity (Wildman–Crippen MR) is 65.2 cm³/mol. The number of ketones is 1. The summed E-state index contributed by atoms with van der Waals surface area (Å²) < 4.78 is 5.84. The van der Waals surface area contributed by atoms with E-state index in [2.05, 4.69) is 11.5 Å². The maximum Gasteiger partial charge on any atom is 0.329 e. The second-order valence-corrected chi connectivity index (χ2v) is 12.7. The molecule has 0 aliphatic carbocycles. The number of carbonyl (C=O) groups excluding carboxylic acids is 2. The quantitative estimate of drug-likeness (QED) is 0.558. The van der Waals surface area contributed by atoms with E-state index >= 15 is 0 Å². The van der Waals surface area contributed by atoms with Crippen LogP contribution < -0.4 is 0 Å². The molecule has 0 rings (SSSR count). The first-order chi connectivity index (χ1) is 6.57. The molecule has 5 heteroatoms. The van der Waals surface area contributed by atoms with Crippen LogP contribution in [0.3, 0.4) is 0 Å². The summed E-state index contributed by atoms with van der Waals surface area (Å²) in [4.78, 5) is 22.3. The van der Waals surface area contributed by atoms with E-state index in [0.717, 1.165) is 0 Å². The third-order valence-corrected chi connectivity index (χ3v) is 7.69. The van der Waals surface area contributed by atoms with Crippen molar-refractivity contribution in [3.8, 4) is 11.5 Å². The molecule has 0 aromatic rings. The van der Waals surface area contributed by atoms with Crippen molar-refractivity contribution in [1.82, 2.24) is 0 Å². The van der Waals surface area contributed by atoms with Crippen LogP contribution in [0.15, 0.2) is 0 Å². The van der Waals surface area contributed by atoms with E-state index in [9.17, 15) is 9.59 Å². The molecule has 3 nitrogen and oxygen atoms in total. The van der Waals surface area contributed by atoms with Gasteiger partial charge in [0, 0.05) is 6.92 Å². The zero-order valence-corrected chi connectivity index (χ0v) is 12.2. The molecule has 0 aromatic carbocycles. The van der Waals surface area contributed by atoms with Crippen molar-refractivity contribution in [1.29, 1.82) is 0 Å². The minimum atomic E-state index is -2.68. The first-order valence-corrected chi connectivity index (χ1v) is 10.6. The van der Waals surface area contributed by atoms with Gasteiger partial charge in [0.05, 0.1) is 0 Å². The predicted octanol–water partition coefficient (Wildman–Crippen LogP) is 1.67. The Labute approximate surface area is 93.5 Å². The van der Waals surface area contributed by atoms with Crippen molar-refractivity contribution in [2.75, 3.05) is 0 Å². The molecule has 0 fully saturated rings. The SMILES string of the molecule is CC(=O)C#C[Si](C)(O[Si](C)(C)C)C(C)=O. The van der Waals surface area contributed by atoms with Gasteiger partial charge in [-0.1, -0.05) is 5.54 Å². The fraction of sp³-hybridized carbons (Fsp3) is 0.600. The fourth-order valence-electron chi connectivity index (χ4n) is 1.01. The van der Waals surface area contributed by atoms with Crippen molar-refractivity contribution >= 4 is 27.8 Å². The first-order valence-electron chi connectivity index (χ1n) is 4.82. The number of hydrogen-bond donors (Lipinski definition) is 0. The van der Waals surface area contributed by atoms with Gasteiger partial charge in [0.1, 0.15) is 0 Å². The molecule has 0 N–H and O–H groups in total. The normalized spacial score (nSPS) is 14.8. The molecule has 0 radical (unpaired) electrons. The van der Waals surface area contributed by atoms with Gasteiger partial charge < -0.3 is 8.91 Å². The van der Waals surface area contributed by atoms with Gasteiger partial charge in [-0.25, -0.2) is 0 Å². The molecule has 0 saturated carbocycles. The number of rotatable bonds is 3. The molecule has 0 bridgehead atoms. The fourth-order valence-corrected chi connectivity index (χ4v) is 7.27. The van der Waals surface area contributed by atoms with Gasteiger partial charge in [-0.3, -0.25) is 4.79 Å². The number of hydrogen-bond acceptors (Lipinski definition) is 3. The lowest BCUT2D eigenvalue weighted by Crippen LogP contribution is -2.49. The number of carbonyl (C=O) groups is 2. The maximum atomic E-state index is 11.5. The average Bonchev–Trinajstić information content (AvgIpc) is 1.97. The van der Waals surface area contributed by atoms with Gasteiger partial charge in [0.25, 0.3) is 0 Å². The highest BCUT2D eigenvalue weighted by Gasteiger charge is 2.38. The Morgan fingerprint density at radius 2 is 1.53 bits per heavy atom. The summed E-state index contributed by atoms with van der Waals surface area (Å²) in [5, 5.41) is -0.0290. The molecule has 1 atom stereocenters. The first kappa shape index (κ1) is 14.3. The van der Waals surface area contributed by atoms with Crippen LogP contribution >= 0.6 is 0 Å². The average molecular weight is 242 g/mol. The zero-order valence-electron chi connectivity index (χ0n) is 10.2. The van der Waals surface area contributed by atoms with E-state index < -0.39 is 16.6 Å². The molecule has 15 heavy (non-hydrogen) atoms. The lowest BCUT2D eigenvalue weighted by molar-refractivity contribution is -0.112. The molecule has 0 aliphatic rings. The van der Waals surface area contributed by atoms with Gasteiger partial charge in [0.15, 0.2) is 13.7 Å². The highest BCUT2D eigenvalue weighted by Crippen LogP contribution is 2.14. The Kier molecular flexibility index (Phi) is 4.65.